The van der Waals surface area contributed by atoms with Crippen LogP contribution in [0.4, 0.5) is 0 Å². The molecule has 0 atom stereocenters. The van der Waals surface area contributed by atoms with Gasteiger partial charge in [0.15, 0.2) is 0 Å². The Morgan fingerprint density at radius 1 is 0.789 bits per heavy atom. The molecule has 2 rings (SSSR count). The van der Waals surface area contributed by atoms with Gasteiger partial charge in [-0.1, -0.05) is 36.4 Å². The SMILES string of the molecule is O=S(=O)(O)O.[H-].[Na+].c1ccc(Oc2ccccc2)cc1. The Morgan fingerprint density at radius 2 is 1.05 bits per heavy atom. The van der Waals surface area contributed by atoms with Crippen LogP contribution in [-0.2, 0) is 10.4 Å². The second-order valence-corrected chi connectivity index (χ2v) is 4.07. The molecule has 0 spiro atoms. The van der Waals surface area contributed by atoms with Gasteiger partial charge in [-0.25, -0.2) is 0 Å². The zero-order valence-corrected chi connectivity index (χ0v) is 13.1. The molecule has 2 N–H and O–H groups in total. The molecule has 0 aromatic heterocycles. The maximum Gasteiger partial charge on any atom is 1.00 e. The van der Waals surface area contributed by atoms with Crippen molar-refractivity contribution in [1.82, 2.24) is 0 Å². The first kappa shape index (κ1) is 18.1. The van der Waals surface area contributed by atoms with Crippen molar-refractivity contribution >= 4 is 10.4 Å². The molecule has 0 saturated heterocycles. The van der Waals surface area contributed by atoms with E-state index in [1.165, 1.54) is 0 Å². The molecule has 0 aliphatic heterocycles. The predicted molar refractivity (Wildman–Crippen MR) is 68.2 cm³/mol. The van der Waals surface area contributed by atoms with E-state index in [2.05, 4.69) is 0 Å². The van der Waals surface area contributed by atoms with Crippen LogP contribution in [0.1, 0.15) is 1.43 Å². The van der Waals surface area contributed by atoms with Crippen molar-refractivity contribution < 1.29 is 53.2 Å². The van der Waals surface area contributed by atoms with Crippen LogP contribution in [0.5, 0.6) is 11.5 Å². The second kappa shape index (κ2) is 9.08. The molecule has 0 bridgehead atoms. The van der Waals surface area contributed by atoms with E-state index in [-0.39, 0.29) is 31.0 Å². The molecule has 2 aromatic rings. The third-order valence-electron chi connectivity index (χ3n) is 1.72. The summed E-state index contributed by atoms with van der Waals surface area (Å²) in [4.78, 5) is 0. The minimum atomic E-state index is -4.67. The summed E-state index contributed by atoms with van der Waals surface area (Å²) in [6.45, 7) is 0. The van der Waals surface area contributed by atoms with Crippen molar-refractivity contribution in [3.63, 3.8) is 0 Å². The molecule has 2 aromatic carbocycles. The summed E-state index contributed by atoms with van der Waals surface area (Å²) in [5, 5.41) is 0. The normalized spacial score (nSPS) is 9.58. The Labute approximate surface area is 135 Å². The average molecular weight is 292 g/mol. The molecule has 5 nitrogen and oxygen atoms in total. The van der Waals surface area contributed by atoms with Crippen LogP contribution in [0.25, 0.3) is 0 Å². The molecule has 0 saturated carbocycles. The van der Waals surface area contributed by atoms with Crippen LogP contribution in [0.2, 0.25) is 0 Å². The summed E-state index contributed by atoms with van der Waals surface area (Å²) in [7, 11) is -4.67. The van der Waals surface area contributed by atoms with E-state index in [9.17, 15) is 0 Å². The minimum absolute atomic E-state index is 0. The quantitative estimate of drug-likeness (QED) is 0.598. The van der Waals surface area contributed by atoms with E-state index >= 15 is 0 Å². The van der Waals surface area contributed by atoms with Gasteiger partial charge in [-0.05, 0) is 24.3 Å². The summed E-state index contributed by atoms with van der Waals surface area (Å²) in [6, 6.07) is 19.5. The van der Waals surface area contributed by atoms with Gasteiger partial charge in [0.2, 0.25) is 0 Å². The van der Waals surface area contributed by atoms with Crippen LogP contribution in [0.15, 0.2) is 60.7 Å². The topological polar surface area (TPSA) is 83.8 Å². The summed E-state index contributed by atoms with van der Waals surface area (Å²) >= 11 is 0. The molecule has 0 amide bonds. The van der Waals surface area contributed by atoms with Crippen molar-refractivity contribution in [3.8, 4) is 11.5 Å². The Kier molecular flexibility index (Phi) is 8.66. The first-order valence-electron chi connectivity index (χ1n) is 4.93. The van der Waals surface area contributed by atoms with Crippen LogP contribution in [-0.4, -0.2) is 17.5 Å². The molecule has 0 aliphatic rings. The van der Waals surface area contributed by atoms with Crippen LogP contribution in [0, 0.1) is 0 Å². The number of benzene rings is 2. The summed E-state index contributed by atoms with van der Waals surface area (Å²) in [6.07, 6.45) is 0. The van der Waals surface area contributed by atoms with Crippen molar-refractivity contribution in [2.45, 2.75) is 0 Å². The molecule has 98 valence electrons. The number of rotatable bonds is 2. The van der Waals surface area contributed by atoms with Gasteiger partial charge in [-0.15, -0.1) is 0 Å². The Bertz CT molecular complexity index is 517. The molecule has 19 heavy (non-hydrogen) atoms. The van der Waals surface area contributed by atoms with E-state index in [1.54, 1.807) is 0 Å². The van der Waals surface area contributed by atoms with Gasteiger partial charge >= 0.3 is 40.0 Å². The smallest absolute Gasteiger partial charge is 1.00 e. The van der Waals surface area contributed by atoms with E-state index in [1.807, 2.05) is 60.7 Å². The van der Waals surface area contributed by atoms with Gasteiger partial charge in [0.1, 0.15) is 11.5 Å². The zero-order valence-electron chi connectivity index (χ0n) is 11.3. The van der Waals surface area contributed by atoms with Crippen LogP contribution >= 0.6 is 0 Å². The largest absolute Gasteiger partial charge is 1.00 e. The fourth-order valence-corrected chi connectivity index (χ4v) is 1.11. The zero-order chi connectivity index (χ0) is 13.4. The van der Waals surface area contributed by atoms with Gasteiger partial charge in [0, 0.05) is 0 Å². The van der Waals surface area contributed by atoms with Crippen molar-refractivity contribution in [2.75, 3.05) is 0 Å². The van der Waals surface area contributed by atoms with Crippen molar-refractivity contribution in [1.29, 1.82) is 0 Å². The number of hydrogen-bond donors (Lipinski definition) is 2. The Balaban J connectivity index is 0. The number of hydrogen-bond acceptors (Lipinski definition) is 3. The molecule has 0 radical (unpaired) electrons. The second-order valence-electron chi connectivity index (χ2n) is 3.18. The molecule has 0 heterocycles. The van der Waals surface area contributed by atoms with Gasteiger partial charge < -0.3 is 6.16 Å². The van der Waals surface area contributed by atoms with E-state index in [0.29, 0.717) is 0 Å². The third kappa shape index (κ3) is 10.7. The van der Waals surface area contributed by atoms with Crippen LogP contribution < -0.4 is 34.3 Å². The Hall–Kier alpha value is -0.890. The first-order chi connectivity index (χ1) is 8.45. The van der Waals surface area contributed by atoms with Gasteiger partial charge in [0.05, 0.1) is 0 Å². The van der Waals surface area contributed by atoms with E-state index in [0.717, 1.165) is 11.5 Å². The van der Waals surface area contributed by atoms with Crippen molar-refractivity contribution in [2.24, 2.45) is 0 Å². The van der Waals surface area contributed by atoms with E-state index in [4.69, 9.17) is 22.3 Å². The standard InChI is InChI=1S/C12H10O.Na.H2O4S.H/c1-3-7-11(8-4-1)13-12-9-5-2-6-10-12;;1-5(2,3)4;/h1-10H;;(H2,1,2,3,4);/q;+1;;-1. The maximum absolute atomic E-state index is 8.74. The first-order valence-corrected chi connectivity index (χ1v) is 6.33. The molecular formula is C12H13NaO5S. The monoisotopic (exact) mass is 292 g/mol. The summed E-state index contributed by atoms with van der Waals surface area (Å²) < 4.78 is 37.2. The fourth-order valence-electron chi connectivity index (χ4n) is 1.11. The predicted octanol–water partition coefficient (Wildman–Crippen LogP) is -0.0574. The molecule has 0 fully saturated rings. The minimum Gasteiger partial charge on any atom is -1.00 e. The summed E-state index contributed by atoms with van der Waals surface area (Å²) in [5.41, 5.74) is 0. The fraction of sp³-hybridized carbons (Fsp3) is 0. The van der Waals surface area contributed by atoms with Crippen LogP contribution in [0.3, 0.4) is 0 Å². The molecule has 7 heteroatoms. The van der Waals surface area contributed by atoms with Gasteiger partial charge in [0.25, 0.3) is 0 Å². The summed E-state index contributed by atoms with van der Waals surface area (Å²) in [5.74, 6) is 1.74. The molecule has 0 unspecified atom stereocenters. The number of ether oxygens (including phenoxy) is 1. The molecule has 0 aliphatic carbocycles. The van der Waals surface area contributed by atoms with E-state index < -0.39 is 10.4 Å². The average Bonchev–Trinajstić information content (AvgIpc) is 2.29. The van der Waals surface area contributed by atoms with Crippen molar-refractivity contribution in [3.05, 3.63) is 60.7 Å². The van der Waals surface area contributed by atoms with Gasteiger partial charge in [-0.3, -0.25) is 9.11 Å². The third-order valence-corrected chi connectivity index (χ3v) is 1.72. The molecular weight excluding hydrogens is 279 g/mol. The van der Waals surface area contributed by atoms with Gasteiger partial charge in [-0.2, -0.15) is 8.42 Å². The maximum atomic E-state index is 8.74. The number of para-hydroxylation sites is 2. The Morgan fingerprint density at radius 3 is 1.32 bits per heavy atom.